The minimum absolute atomic E-state index is 0.171. The Balaban J connectivity index is 1.97. The molecule has 0 spiro atoms. The lowest BCUT2D eigenvalue weighted by atomic mass is 10.2. The van der Waals surface area contributed by atoms with Crippen LogP contribution in [0.5, 0.6) is 5.75 Å². The van der Waals surface area contributed by atoms with E-state index in [1.54, 1.807) is 36.1 Å². The highest BCUT2D eigenvalue weighted by atomic mass is 32.1. The maximum Gasteiger partial charge on any atom is 0.307 e. The summed E-state index contributed by atoms with van der Waals surface area (Å²) in [5.41, 5.74) is 1.47. The van der Waals surface area contributed by atoms with Gasteiger partial charge in [-0.3, -0.25) is 14.9 Å². The maximum atomic E-state index is 12.7. The standard InChI is InChI=1S/C24H30N2O5S/c1-3-29-16-17-31-21-12-10-20(11-13-21)23(28)25-24(32)26(15-14-22(27)30-4-2)18-19-8-6-5-7-9-19/h5-13H,3-4,14-18H2,1-2H3,(H,25,28,32). The van der Waals surface area contributed by atoms with Crippen molar-refractivity contribution < 1.29 is 23.8 Å². The molecule has 172 valence electrons. The predicted molar refractivity (Wildman–Crippen MR) is 127 cm³/mol. The second-order valence-corrected chi connectivity index (χ2v) is 7.18. The Morgan fingerprint density at radius 2 is 1.69 bits per heavy atom. The summed E-state index contributed by atoms with van der Waals surface area (Å²) in [6, 6.07) is 16.5. The summed E-state index contributed by atoms with van der Waals surface area (Å²) in [6.45, 7) is 6.41. The molecule has 2 aromatic carbocycles. The van der Waals surface area contributed by atoms with Crippen LogP contribution in [0.25, 0.3) is 0 Å². The minimum Gasteiger partial charge on any atom is -0.491 e. The van der Waals surface area contributed by atoms with Crippen molar-refractivity contribution in [2.24, 2.45) is 0 Å². The molecular formula is C24H30N2O5S. The molecule has 0 fully saturated rings. The Hall–Kier alpha value is -2.97. The third-order valence-electron chi connectivity index (χ3n) is 4.43. The van der Waals surface area contributed by atoms with Crippen LogP contribution in [0.15, 0.2) is 54.6 Å². The lowest BCUT2D eigenvalue weighted by Crippen LogP contribution is -2.43. The summed E-state index contributed by atoms with van der Waals surface area (Å²) in [5.74, 6) is 0.0219. The Labute approximate surface area is 194 Å². The first-order valence-electron chi connectivity index (χ1n) is 10.6. The summed E-state index contributed by atoms with van der Waals surface area (Å²) < 4.78 is 15.8. The molecule has 0 bridgehead atoms. The van der Waals surface area contributed by atoms with E-state index in [0.717, 1.165) is 5.56 Å². The molecule has 0 heterocycles. The molecule has 0 unspecified atom stereocenters. The van der Waals surface area contributed by atoms with Gasteiger partial charge in [0.25, 0.3) is 5.91 Å². The average Bonchev–Trinajstić information content (AvgIpc) is 2.80. The van der Waals surface area contributed by atoms with Crippen molar-refractivity contribution >= 4 is 29.2 Å². The van der Waals surface area contributed by atoms with Crippen LogP contribution in [-0.4, -0.2) is 54.9 Å². The van der Waals surface area contributed by atoms with Crippen molar-refractivity contribution in [1.82, 2.24) is 10.2 Å². The zero-order valence-electron chi connectivity index (χ0n) is 18.5. The van der Waals surface area contributed by atoms with Gasteiger partial charge < -0.3 is 19.1 Å². The van der Waals surface area contributed by atoms with E-state index in [-0.39, 0.29) is 23.4 Å². The molecule has 8 heteroatoms. The molecule has 0 saturated heterocycles. The van der Waals surface area contributed by atoms with Gasteiger partial charge in [-0.25, -0.2) is 0 Å². The molecule has 1 N–H and O–H groups in total. The fourth-order valence-corrected chi connectivity index (χ4v) is 3.08. The van der Waals surface area contributed by atoms with Gasteiger partial charge in [0.2, 0.25) is 0 Å². The summed E-state index contributed by atoms with van der Waals surface area (Å²) >= 11 is 5.48. The van der Waals surface area contributed by atoms with Gasteiger partial charge in [-0.2, -0.15) is 0 Å². The number of nitrogens with zero attached hydrogens (tertiary/aromatic N) is 1. The number of carbonyl (C=O) groups excluding carboxylic acids is 2. The quantitative estimate of drug-likeness (QED) is 0.296. The molecule has 32 heavy (non-hydrogen) atoms. The zero-order valence-corrected chi connectivity index (χ0v) is 19.4. The number of nitrogens with one attached hydrogen (secondary N) is 1. The van der Waals surface area contributed by atoms with Crippen molar-refractivity contribution in [2.45, 2.75) is 26.8 Å². The first-order valence-corrected chi connectivity index (χ1v) is 11.0. The van der Waals surface area contributed by atoms with Crippen molar-refractivity contribution in [1.29, 1.82) is 0 Å². The third-order valence-corrected chi connectivity index (χ3v) is 4.79. The molecule has 0 aliphatic heterocycles. The Morgan fingerprint density at radius 1 is 0.969 bits per heavy atom. The first-order chi connectivity index (χ1) is 15.5. The largest absolute Gasteiger partial charge is 0.491 e. The summed E-state index contributed by atoms with van der Waals surface area (Å²) in [6.07, 6.45) is 0.171. The van der Waals surface area contributed by atoms with E-state index in [1.165, 1.54) is 0 Å². The molecule has 1 amide bonds. The Bertz CT molecular complexity index is 858. The predicted octanol–water partition coefficient (Wildman–Crippen LogP) is 3.57. The van der Waals surface area contributed by atoms with Crippen LogP contribution in [-0.2, 0) is 20.8 Å². The number of hydrogen-bond donors (Lipinski definition) is 1. The normalized spacial score (nSPS) is 10.3. The van der Waals surface area contributed by atoms with E-state index in [1.807, 2.05) is 37.3 Å². The van der Waals surface area contributed by atoms with Crippen LogP contribution in [0.4, 0.5) is 0 Å². The van der Waals surface area contributed by atoms with Crippen LogP contribution in [0.2, 0.25) is 0 Å². The number of esters is 1. The van der Waals surface area contributed by atoms with Gasteiger partial charge in [-0.15, -0.1) is 0 Å². The topological polar surface area (TPSA) is 77.1 Å². The molecule has 7 nitrogen and oxygen atoms in total. The molecule has 0 radical (unpaired) electrons. The van der Waals surface area contributed by atoms with Gasteiger partial charge in [0, 0.05) is 25.3 Å². The molecular weight excluding hydrogens is 428 g/mol. The lowest BCUT2D eigenvalue weighted by Gasteiger charge is -2.25. The number of rotatable bonds is 12. The summed E-state index contributed by atoms with van der Waals surface area (Å²) in [4.78, 5) is 26.3. The average molecular weight is 459 g/mol. The van der Waals surface area contributed by atoms with Crippen LogP contribution < -0.4 is 10.1 Å². The maximum absolute atomic E-state index is 12.7. The molecule has 2 rings (SSSR count). The van der Waals surface area contributed by atoms with Crippen LogP contribution in [0.1, 0.15) is 36.2 Å². The van der Waals surface area contributed by atoms with Crippen molar-refractivity contribution in [3.8, 4) is 5.75 Å². The molecule has 2 aromatic rings. The molecule has 0 atom stereocenters. The number of carbonyl (C=O) groups is 2. The Morgan fingerprint density at radius 3 is 2.34 bits per heavy atom. The highest BCUT2D eigenvalue weighted by Gasteiger charge is 2.16. The first kappa shape index (κ1) is 25.3. The van der Waals surface area contributed by atoms with Gasteiger partial charge in [-0.05, 0) is 55.9 Å². The smallest absolute Gasteiger partial charge is 0.307 e. The van der Waals surface area contributed by atoms with Gasteiger partial charge in [0.15, 0.2) is 5.11 Å². The second kappa shape index (κ2) is 14.2. The second-order valence-electron chi connectivity index (χ2n) is 6.79. The SMILES string of the molecule is CCOCCOc1ccc(C(=O)NC(=S)N(CCC(=O)OCC)Cc2ccccc2)cc1. The third kappa shape index (κ3) is 9.03. The fourth-order valence-electron chi connectivity index (χ4n) is 2.83. The number of benzene rings is 2. The highest BCUT2D eigenvalue weighted by Crippen LogP contribution is 2.13. The van der Waals surface area contributed by atoms with Gasteiger partial charge in [0.05, 0.1) is 19.6 Å². The lowest BCUT2D eigenvalue weighted by molar-refractivity contribution is -0.143. The van der Waals surface area contributed by atoms with Gasteiger partial charge in [0.1, 0.15) is 12.4 Å². The van der Waals surface area contributed by atoms with E-state index < -0.39 is 0 Å². The van der Waals surface area contributed by atoms with E-state index in [2.05, 4.69) is 5.32 Å². The molecule has 0 saturated carbocycles. The van der Waals surface area contributed by atoms with E-state index in [4.69, 9.17) is 26.4 Å². The number of hydrogen-bond acceptors (Lipinski definition) is 6. The van der Waals surface area contributed by atoms with Gasteiger partial charge >= 0.3 is 5.97 Å². The summed E-state index contributed by atoms with van der Waals surface area (Å²) in [5, 5.41) is 3.01. The Kier molecular flexibility index (Phi) is 11.2. The monoisotopic (exact) mass is 458 g/mol. The number of ether oxygens (including phenoxy) is 3. The summed E-state index contributed by atoms with van der Waals surface area (Å²) in [7, 11) is 0. The number of thiocarbonyl (C=S) groups is 1. The highest BCUT2D eigenvalue weighted by molar-refractivity contribution is 7.80. The van der Waals surface area contributed by atoms with E-state index >= 15 is 0 Å². The molecule has 0 aliphatic carbocycles. The zero-order chi connectivity index (χ0) is 23.2. The molecule has 0 aliphatic rings. The fraction of sp³-hybridized carbons (Fsp3) is 0.375. The molecule has 0 aromatic heterocycles. The van der Waals surface area contributed by atoms with Crippen molar-refractivity contribution in [3.63, 3.8) is 0 Å². The van der Waals surface area contributed by atoms with Crippen LogP contribution >= 0.6 is 12.2 Å². The van der Waals surface area contributed by atoms with Crippen molar-refractivity contribution in [3.05, 3.63) is 65.7 Å². The van der Waals surface area contributed by atoms with E-state index in [0.29, 0.717) is 50.8 Å². The van der Waals surface area contributed by atoms with Crippen molar-refractivity contribution in [2.75, 3.05) is 33.0 Å². The number of amides is 1. The van der Waals surface area contributed by atoms with Crippen LogP contribution in [0.3, 0.4) is 0 Å². The minimum atomic E-state index is -0.329. The van der Waals surface area contributed by atoms with Gasteiger partial charge in [-0.1, -0.05) is 30.3 Å². The van der Waals surface area contributed by atoms with Crippen LogP contribution in [0, 0.1) is 0 Å². The van der Waals surface area contributed by atoms with E-state index in [9.17, 15) is 9.59 Å².